The summed E-state index contributed by atoms with van der Waals surface area (Å²) in [5, 5.41) is 6.78. The summed E-state index contributed by atoms with van der Waals surface area (Å²) in [6.07, 6.45) is 3.41. The Kier molecular flexibility index (Phi) is 5.17. The molecule has 1 fully saturated rings. The van der Waals surface area contributed by atoms with E-state index >= 15 is 0 Å². The maximum atomic E-state index is 13.9. The highest BCUT2D eigenvalue weighted by molar-refractivity contribution is 5.98. The Morgan fingerprint density at radius 1 is 1.20 bits per heavy atom. The topological polar surface area (TPSA) is 132 Å². The monoisotopic (exact) mass is 413 g/mol. The number of aromatic nitrogens is 3. The lowest BCUT2D eigenvalue weighted by Crippen LogP contribution is -2.55. The molecule has 10 heteroatoms. The van der Waals surface area contributed by atoms with Crippen molar-refractivity contribution in [1.29, 1.82) is 0 Å². The number of hydrogen-bond donors (Lipinski definition) is 4. The number of nitrogens with zero attached hydrogens (tertiary/aromatic N) is 3. The average molecular weight is 413 g/mol. The highest BCUT2D eigenvalue weighted by Crippen LogP contribution is 2.33. The van der Waals surface area contributed by atoms with Gasteiger partial charge in [-0.1, -0.05) is 18.2 Å². The standard InChI is InChI=1S/C20H21F2N7O/c21-20(22)7-3-6-15(16(20)23)28-19-26-10-13(17(24)30)18(29-19)27-12-8-11-4-1-2-5-14(11)25-9-12/h1-2,4-5,8-10,15-16H,3,6-7,23H2,(H2,24,30)(H2,26,27,28,29). The SMILES string of the molecule is NC(=O)c1cnc(NC2CCCC(F)(F)C2N)nc1Nc1cnc2ccccc2c1. The van der Waals surface area contributed by atoms with Crippen LogP contribution in [0.2, 0.25) is 0 Å². The maximum Gasteiger partial charge on any atom is 0.264 e. The number of benzene rings is 1. The first-order valence-corrected chi connectivity index (χ1v) is 9.52. The lowest BCUT2D eigenvalue weighted by molar-refractivity contribution is -0.0555. The number of alkyl halides is 2. The smallest absolute Gasteiger partial charge is 0.264 e. The van der Waals surface area contributed by atoms with Gasteiger partial charge in [0.15, 0.2) is 0 Å². The van der Waals surface area contributed by atoms with Gasteiger partial charge in [0.1, 0.15) is 11.4 Å². The van der Waals surface area contributed by atoms with Crippen LogP contribution in [0.15, 0.2) is 42.7 Å². The molecular weight excluding hydrogens is 392 g/mol. The summed E-state index contributed by atoms with van der Waals surface area (Å²) in [6.45, 7) is 0. The summed E-state index contributed by atoms with van der Waals surface area (Å²) in [6, 6.07) is 7.35. The quantitative estimate of drug-likeness (QED) is 0.506. The number of rotatable bonds is 5. The third-order valence-electron chi connectivity index (χ3n) is 5.17. The number of anilines is 3. The Labute approximate surface area is 171 Å². The van der Waals surface area contributed by atoms with Gasteiger partial charge in [-0.3, -0.25) is 9.78 Å². The van der Waals surface area contributed by atoms with Gasteiger partial charge in [-0.25, -0.2) is 13.8 Å². The summed E-state index contributed by atoms with van der Waals surface area (Å²) >= 11 is 0. The molecule has 8 nitrogen and oxygen atoms in total. The zero-order valence-corrected chi connectivity index (χ0v) is 16.0. The molecule has 0 saturated heterocycles. The van der Waals surface area contributed by atoms with Crippen molar-refractivity contribution in [2.45, 2.75) is 37.3 Å². The van der Waals surface area contributed by atoms with Gasteiger partial charge >= 0.3 is 0 Å². The van der Waals surface area contributed by atoms with E-state index in [9.17, 15) is 13.6 Å². The van der Waals surface area contributed by atoms with Crippen LogP contribution in [0.5, 0.6) is 0 Å². The van der Waals surface area contributed by atoms with Crippen molar-refractivity contribution in [3.05, 3.63) is 48.3 Å². The van der Waals surface area contributed by atoms with E-state index in [1.54, 1.807) is 6.20 Å². The highest BCUT2D eigenvalue weighted by Gasteiger charge is 2.44. The number of carbonyl (C=O) groups excluding carboxylic acids is 1. The number of nitrogens with two attached hydrogens (primary N) is 2. The molecule has 30 heavy (non-hydrogen) atoms. The van der Waals surface area contributed by atoms with Gasteiger partial charge in [-0.05, 0) is 25.0 Å². The zero-order chi connectivity index (χ0) is 21.3. The Morgan fingerprint density at radius 2 is 2.00 bits per heavy atom. The van der Waals surface area contributed by atoms with Gasteiger partial charge in [0.2, 0.25) is 5.95 Å². The number of nitrogens with one attached hydrogen (secondary N) is 2. The fraction of sp³-hybridized carbons (Fsp3) is 0.300. The molecule has 1 amide bonds. The van der Waals surface area contributed by atoms with Crippen molar-refractivity contribution in [3.8, 4) is 0 Å². The highest BCUT2D eigenvalue weighted by atomic mass is 19.3. The molecule has 0 aliphatic heterocycles. The van der Waals surface area contributed by atoms with E-state index in [0.717, 1.165) is 10.9 Å². The number of halogens is 2. The molecule has 1 aromatic carbocycles. The number of fused-ring (bicyclic) bond motifs is 1. The first kappa shape index (κ1) is 19.9. The van der Waals surface area contributed by atoms with Gasteiger partial charge in [0.05, 0.1) is 29.5 Å². The van der Waals surface area contributed by atoms with Gasteiger partial charge < -0.3 is 22.1 Å². The predicted molar refractivity (Wildman–Crippen MR) is 110 cm³/mol. The molecule has 0 bridgehead atoms. The van der Waals surface area contributed by atoms with Gasteiger partial charge in [-0.2, -0.15) is 4.98 Å². The van der Waals surface area contributed by atoms with Gasteiger partial charge in [0.25, 0.3) is 11.8 Å². The molecule has 6 N–H and O–H groups in total. The number of primary amides is 1. The van der Waals surface area contributed by atoms with Crippen molar-refractivity contribution in [2.24, 2.45) is 11.5 Å². The summed E-state index contributed by atoms with van der Waals surface area (Å²) in [5.74, 6) is -3.46. The number of amides is 1. The van der Waals surface area contributed by atoms with Crippen molar-refractivity contribution >= 4 is 34.3 Å². The lowest BCUT2D eigenvalue weighted by atomic mass is 9.87. The van der Waals surface area contributed by atoms with Crippen molar-refractivity contribution in [3.63, 3.8) is 0 Å². The number of carbonyl (C=O) groups is 1. The van der Waals surface area contributed by atoms with Gasteiger partial charge in [-0.15, -0.1) is 0 Å². The molecule has 2 aromatic heterocycles. The van der Waals surface area contributed by atoms with Gasteiger partial charge in [0, 0.05) is 18.0 Å². The van der Waals surface area contributed by atoms with Crippen molar-refractivity contribution < 1.29 is 13.6 Å². The fourth-order valence-corrected chi connectivity index (χ4v) is 3.53. The fourth-order valence-electron chi connectivity index (χ4n) is 3.53. The minimum absolute atomic E-state index is 0.0620. The molecule has 0 radical (unpaired) electrons. The minimum Gasteiger partial charge on any atom is -0.365 e. The number of pyridine rings is 1. The predicted octanol–water partition coefficient (Wildman–Crippen LogP) is 2.79. The van der Waals surface area contributed by atoms with E-state index in [-0.39, 0.29) is 23.8 Å². The van der Waals surface area contributed by atoms with Crippen molar-refractivity contribution in [1.82, 2.24) is 15.0 Å². The Morgan fingerprint density at radius 3 is 2.80 bits per heavy atom. The largest absolute Gasteiger partial charge is 0.365 e. The molecule has 1 aliphatic rings. The molecular formula is C20H21F2N7O. The summed E-state index contributed by atoms with van der Waals surface area (Å²) < 4.78 is 27.9. The van der Waals surface area contributed by atoms with Crippen LogP contribution >= 0.6 is 0 Å². The Hall–Kier alpha value is -3.40. The van der Waals surface area contributed by atoms with Crippen LogP contribution in [-0.2, 0) is 0 Å². The average Bonchev–Trinajstić information content (AvgIpc) is 2.71. The van der Waals surface area contributed by atoms with E-state index in [4.69, 9.17) is 11.5 Å². The Bertz CT molecular complexity index is 1090. The van der Waals surface area contributed by atoms with E-state index in [0.29, 0.717) is 18.5 Å². The second-order valence-corrected chi connectivity index (χ2v) is 7.29. The van der Waals surface area contributed by atoms with E-state index in [2.05, 4.69) is 25.6 Å². The lowest BCUT2D eigenvalue weighted by Gasteiger charge is -2.35. The molecule has 0 spiro atoms. The first-order valence-electron chi connectivity index (χ1n) is 9.52. The van der Waals surface area contributed by atoms with Crippen LogP contribution in [0.4, 0.5) is 26.2 Å². The molecule has 156 valence electrons. The maximum absolute atomic E-state index is 13.9. The van der Waals surface area contributed by atoms with Crippen LogP contribution in [-0.4, -0.2) is 38.9 Å². The Balaban J connectivity index is 1.62. The second kappa shape index (κ2) is 7.79. The second-order valence-electron chi connectivity index (χ2n) is 7.29. The van der Waals surface area contributed by atoms with Crippen LogP contribution in [0, 0.1) is 0 Å². The third kappa shape index (κ3) is 3.99. The molecule has 2 atom stereocenters. The van der Waals surface area contributed by atoms with Crippen LogP contribution in [0.3, 0.4) is 0 Å². The molecule has 2 unspecified atom stereocenters. The van der Waals surface area contributed by atoms with Crippen LogP contribution in [0.1, 0.15) is 29.6 Å². The summed E-state index contributed by atoms with van der Waals surface area (Å²) in [5.41, 5.74) is 12.6. The number of hydrogen-bond acceptors (Lipinski definition) is 7. The summed E-state index contributed by atoms with van der Waals surface area (Å²) in [4.78, 5) is 24.5. The zero-order valence-electron chi connectivity index (χ0n) is 16.0. The van der Waals surface area contributed by atoms with E-state index < -0.39 is 23.9 Å². The molecule has 3 aromatic rings. The van der Waals surface area contributed by atoms with E-state index in [1.165, 1.54) is 6.20 Å². The first-order chi connectivity index (χ1) is 14.3. The molecule has 1 aliphatic carbocycles. The molecule has 4 rings (SSSR count). The molecule has 2 heterocycles. The normalized spacial score (nSPS) is 20.6. The summed E-state index contributed by atoms with van der Waals surface area (Å²) in [7, 11) is 0. The van der Waals surface area contributed by atoms with Crippen LogP contribution in [0.25, 0.3) is 10.9 Å². The number of para-hydroxylation sites is 1. The third-order valence-corrected chi connectivity index (χ3v) is 5.17. The van der Waals surface area contributed by atoms with Crippen LogP contribution < -0.4 is 22.1 Å². The minimum atomic E-state index is -2.96. The van der Waals surface area contributed by atoms with Crippen molar-refractivity contribution in [2.75, 3.05) is 10.6 Å². The van der Waals surface area contributed by atoms with E-state index in [1.807, 2.05) is 30.3 Å². The molecule has 1 saturated carbocycles.